The second-order valence-corrected chi connectivity index (χ2v) is 5.56. The molecule has 4 rings (SSSR count). The van der Waals surface area contributed by atoms with E-state index in [0.29, 0.717) is 0 Å². The Hall–Kier alpha value is -3.01. The van der Waals surface area contributed by atoms with Crippen molar-refractivity contribution in [2.45, 2.75) is 6.92 Å². The van der Waals surface area contributed by atoms with Crippen LogP contribution in [0.5, 0.6) is 0 Å². The van der Waals surface area contributed by atoms with Gasteiger partial charge in [0.25, 0.3) is 0 Å². The van der Waals surface area contributed by atoms with Crippen molar-refractivity contribution in [1.82, 2.24) is 15.0 Å². The fraction of sp³-hybridized carbons (Fsp3) is 0.0526. The molecule has 0 saturated heterocycles. The van der Waals surface area contributed by atoms with Gasteiger partial charge in [-0.2, -0.15) is 4.39 Å². The number of halogens is 1. The number of pyridine rings is 2. The van der Waals surface area contributed by atoms with Crippen molar-refractivity contribution in [2.24, 2.45) is 0 Å². The predicted octanol–water partition coefficient (Wildman–Crippen LogP) is 4.74. The Morgan fingerprint density at radius 1 is 0.913 bits per heavy atom. The molecule has 0 aliphatic rings. The van der Waals surface area contributed by atoms with Gasteiger partial charge in [-0.3, -0.25) is 0 Å². The first-order valence-corrected chi connectivity index (χ1v) is 7.37. The molecule has 0 atom stereocenters. The maximum Gasteiger partial charge on any atom is 0.212 e. The van der Waals surface area contributed by atoms with Crippen LogP contribution in [0.25, 0.3) is 33.3 Å². The topological polar surface area (TPSA) is 41.6 Å². The number of hydrogen-bond acceptors (Lipinski definition) is 2. The van der Waals surface area contributed by atoms with E-state index < -0.39 is 5.95 Å². The van der Waals surface area contributed by atoms with E-state index >= 15 is 0 Å². The molecule has 112 valence electrons. The largest absolute Gasteiger partial charge is 0.346 e. The highest BCUT2D eigenvalue weighted by molar-refractivity contribution is 5.95. The minimum absolute atomic E-state index is 0.479. The molecule has 0 radical (unpaired) electrons. The number of fused-ring (bicyclic) bond motifs is 1. The molecular weight excluding hydrogens is 289 g/mol. The van der Waals surface area contributed by atoms with Crippen LogP contribution in [-0.4, -0.2) is 15.0 Å². The normalized spacial score (nSPS) is 11.0. The average molecular weight is 303 g/mol. The van der Waals surface area contributed by atoms with Crippen LogP contribution >= 0.6 is 0 Å². The molecule has 4 aromatic rings. The van der Waals surface area contributed by atoms with Gasteiger partial charge in [0.1, 0.15) is 5.65 Å². The number of nitrogens with zero attached hydrogens (tertiary/aromatic N) is 2. The SMILES string of the molecule is Cc1cccc(-c2cnc3[nH]cc(-c4ccc(F)nc4)c3c2)c1. The zero-order chi connectivity index (χ0) is 15.8. The van der Waals surface area contributed by atoms with E-state index in [1.165, 1.54) is 17.8 Å². The molecule has 3 aromatic heterocycles. The van der Waals surface area contributed by atoms with Crippen molar-refractivity contribution in [3.05, 3.63) is 72.6 Å². The zero-order valence-electron chi connectivity index (χ0n) is 12.5. The molecule has 4 heteroatoms. The van der Waals surface area contributed by atoms with Gasteiger partial charge in [0.2, 0.25) is 5.95 Å². The van der Waals surface area contributed by atoms with Crippen molar-refractivity contribution in [2.75, 3.05) is 0 Å². The van der Waals surface area contributed by atoms with Crippen molar-refractivity contribution in [3.63, 3.8) is 0 Å². The van der Waals surface area contributed by atoms with E-state index in [1.807, 2.05) is 18.5 Å². The third kappa shape index (κ3) is 2.48. The Morgan fingerprint density at radius 2 is 1.78 bits per heavy atom. The lowest BCUT2D eigenvalue weighted by Gasteiger charge is -2.04. The molecule has 0 bridgehead atoms. The van der Waals surface area contributed by atoms with Crippen molar-refractivity contribution in [1.29, 1.82) is 0 Å². The smallest absolute Gasteiger partial charge is 0.212 e. The lowest BCUT2D eigenvalue weighted by Crippen LogP contribution is -1.85. The number of H-pyrrole nitrogens is 1. The number of aromatic nitrogens is 3. The van der Waals surface area contributed by atoms with Crippen LogP contribution in [0.2, 0.25) is 0 Å². The second-order valence-electron chi connectivity index (χ2n) is 5.56. The molecule has 0 spiro atoms. The van der Waals surface area contributed by atoms with E-state index in [0.717, 1.165) is 33.3 Å². The summed E-state index contributed by atoms with van der Waals surface area (Å²) in [6.45, 7) is 2.07. The summed E-state index contributed by atoms with van der Waals surface area (Å²) >= 11 is 0. The Labute approximate surface area is 132 Å². The molecule has 0 saturated carbocycles. The van der Waals surface area contributed by atoms with E-state index in [4.69, 9.17) is 0 Å². The van der Waals surface area contributed by atoms with Gasteiger partial charge in [-0.25, -0.2) is 9.97 Å². The summed E-state index contributed by atoms with van der Waals surface area (Å²) in [4.78, 5) is 11.4. The average Bonchev–Trinajstić information content (AvgIpc) is 2.99. The molecule has 1 N–H and O–H groups in total. The second kappa shape index (κ2) is 5.32. The molecule has 0 aliphatic heterocycles. The summed E-state index contributed by atoms with van der Waals surface area (Å²) in [5, 5.41) is 0.998. The number of hydrogen-bond donors (Lipinski definition) is 1. The molecule has 1 aromatic carbocycles. The van der Waals surface area contributed by atoms with Gasteiger partial charge in [0.15, 0.2) is 0 Å². The van der Waals surface area contributed by atoms with Gasteiger partial charge in [-0.1, -0.05) is 29.8 Å². The minimum Gasteiger partial charge on any atom is -0.346 e. The molecule has 23 heavy (non-hydrogen) atoms. The number of rotatable bonds is 2. The fourth-order valence-corrected chi connectivity index (χ4v) is 2.76. The molecule has 0 unspecified atom stereocenters. The van der Waals surface area contributed by atoms with Gasteiger partial charge in [-0.05, 0) is 30.7 Å². The Morgan fingerprint density at radius 3 is 2.57 bits per heavy atom. The summed E-state index contributed by atoms with van der Waals surface area (Å²) in [5.41, 5.74) is 6.02. The summed E-state index contributed by atoms with van der Waals surface area (Å²) in [7, 11) is 0. The number of nitrogens with one attached hydrogen (secondary N) is 1. The van der Waals surface area contributed by atoms with E-state index in [9.17, 15) is 4.39 Å². The molecule has 0 aliphatic carbocycles. The Bertz CT molecular complexity index is 987. The Balaban J connectivity index is 1.88. The quantitative estimate of drug-likeness (QED) is 0.543. The zero-order valence-corrected chi connectivity index (χ0v) is 12.5. The molecule has 3 heterocycles. The van der Waals surface area contributed by atoms with Gasteiger partial charge in [-0.15, -0.1) is 0 Å². The third-order valence-electron chi connectivity index (χ3n) is 3.92. The summed E-state index contributed by atoms with van der Waals surface area (Å²) < 4.78 is 13.0. The van der Waals surface area contributed by atoms with Crippen LogP contribution in [0.15, 0.2) is 61.1 Å². The van der Waals surface area contributed by atoms with Gasteiger partial charge in [0.05, 0.1) is 0 Å². The Kier molecular flexibility index (Phi) is 3.15. The molecule has 0 fully saturated rings. The van der Waals surface area contributed by atoms with Crippen LogP contribution in [0.4, 0.5) is 4.39 Å². The van der Waals surface area contributed by atoms with Crippen LogP contribution < -0.4 is 0 Å². The first-order chi connectivity index (χ1) is 11.2. The highest BCUT2D eigenvalue weighted by atomic mass is 19.1. The number of benzene rings is 1. The summed E-state index contributed by atoms with van der Waals surface area (Å²) in [6.07, 6.45) is 5.28. The van der Waals surface area contributed by atoms with Crippen LogP contribution in [-0.2, 0) is 0 Å². The lowest BCUT2D eigenvalue weighted by molar-refractivity contribution is 0.584. The van der Waals surface area contributed by atoms with E-state index in [2.05, 4.69) is 46.1 Å². The molecule has 0 amide bonds. The van der Waals surface area contributed by atoms with Crippen molar-refractivity contribution < 1.29 is 4.39 Å². The first-order valence-electron chi connectivity index (χ1n) is 7.37. The van der Waals surface area contributed by atoms with Gasteiger partial charge in [0, 0.05) is 40.7 Å². The summed E-state index contributed by atoms with van der Waals surface area (Å²) in [6, 6.07) is 13.5. The van der Waals surface area contributed by atoms with E-state index in [1.54, 1.807) is 6.07 Å². The number of aromatic amines is 1. The third-order valence-corrected chi connectivity index (χ3v) is 3.92. The number of aryl methyl sites for hydroxylation is 1. The van der Waals surface area contributed by atoms with Crippen LogP contribution in [0.1, 0.15) is 5.56 Å². The highest BCUT2D eigenvalue weighted by Gasteiger charge is 2.09. The maximum atomic E-state index is 13.0. The molecule has 3 nitrogen and oxygen atoms in total. The standard InChI is InChI=1S/C19H14FN3/c1-12-3-2-4-13(7-12)15-8-16-17(11-23-19(16)22-10-15)14-5-6-18(20)21-9-14/h2-11H,1H3,(H,22,23). The summed E-state index contributed by atoms with van der Waals surface area (Å²) in [5.74, 6) is -0.479. The lowest BCUT2D eigenvalue weighted by atomic mass is 10.0. The maximum absolute atomic E-state index is 13.0. The monoisotopic (exact) mass is 303 g/mol. The fourth-order valence-electron chi connectivity index (χ4n) is 2.76. The first kappa shape index (κ1) is 13.6. The van der Waals surface area contributed by atoms with Crippen molar-refractivity contribution >= 4 is 11.0 Å². The van der Waals surface area contributed by atoms with Crippen LogP contribution in [0, 0.1) is 12.9 Å². The van der Waals surface area contributed by atoms with Crippen molar-refractivity contribution in [3.8, 4) is 22.3 Å². The van der Waals surface area contributed by atoms with Crippen LogP contribution in [0.3, 0.4) is 0 Å². The minimum atomic E-state index is -0.479. The highest BCUT2D eigenvalue weighted by Crippen LogP contribution is 2.30. The van der Waals surface area contributed by atoms with Gasteiger partial charge >= 0.3 is 0 Å². The van der Waals surface area contributed by atoms with E-state index in [-0.39, 0.29) is 0 Å². The van der Waals surface area contributed by atoms with Gasteiger partial charge < -0.3 is 4.98 Å². The predicted molar refractivity (Wildman–Crippen MR) is 89.5 cm³/mol. The molecular formula is C19H14FN3.